The lowest BCUT2D eigenvalue weighted by Gasteiger charge is -2.32. The van der Waals surface area contributed by atoms with Crippen LogP contribution in [-0.2, 0) is 16.0 Å². The monoisotopic (exact) mass is 865 g/mol. The van der Waals surface area contributed by atoms with Gasteiger partial charge in [-0.1, -0.05) is 18.1 Å². The van der Waals surface area contributed by atoms with Gasteiger partial charge in [0.05, 0.1) is 29.0 Å². The normalized spacial score (nSPS) is 27.7. The summed E-state index contributed by atoms with van der Waals surface area (Å²) in [6.45, 7) is 5.52. The number of nitrogens with one attached hydrogen (secondary N) is 2. The van der Waals surface area contributed by atoms with E-state index in [1.54, 1.807) is 23.1 Å². The molecule has 0 radical (unpaired) electrons. The molecule has 4 N–H and O–H groups in total. The van der Waals surface area contributed by atoms with Crippen LogP contribution in [0.25, 0.3) is 16.6 Å². The molecule has 5 aliphatic rings. The van der Waals surface area contributed by atoms with Crippen LogP contribution in [0.1, 0.15) is 104 Å². The molecular formula is C45H53F2N11O5. The van der Waals surface area contributed by atoms with Gasteiger partial charge in [0.1, 0.15) is 36.0 Å². The Morgan fingerprint density at radius 2 is 1.81 bits per heavy atom. The highest BCUT2D eigenvalue weighted by Crippen LogP contribution is 2.39. The lowest BCUT2D eigenvalue weighted by Crippen LogP contribution is -2.48. The Balaban J connectivity index is 0.729. The van der Waals surface area contributed by atoms with Crippen LogP contribution in [0.4, 0.5) is 20.3 Å². The maximum Gasteiger partial charge on any atom is 0.284 e. The summed E-state index contributed by atoms with van der Waals surface area (Å²) in [5.74, 6) is 3.52. The molecule has 3 aliphatic heterocycles. The molecule has 2 saturated carbocycles. The number of hydrogen-bond donors (Lipinski definition) is 4. The highest BCUT2D eigenvalue weighted by molar-refractivity contribution is 6.12. The van der Waals surface area contributed by atoms with Crippen molar-refractivity contribution in [3.05, 3.63) is 65.4 Å². The minimum atomic E-state index is -2.89. The summed E-state index contributed by atoms with van der Waals surface area (Å²) in [6.07, 6.45) is 10.8. The van der Waals surface area contributed by atoms with Crippen LogP contribution in [0.5, 0.6) is 0 Å². The number of hydrogen-bond acceptors (Lipinski definition) is 12. The molecule has 4 aromatic heterocycles. The first-order valence-corrected chi connectivity index (χ1v) is 22.3. The third-order valence-corrected chi connectivity index (χ3v) is 14.0. The molecule has 5 aromatic rings. The number of piperidine rings is 2. The number of aliphatic hydroxyl groups is 2. The van der Waals surface area contributed by atoms with Crippen LogP contribution in [-0.4, -0.2) is 112 Å². The Morgan fingerprint density at radius 1 is 1.00 bits per heavy atom. The second-order valence-electron chi connectivity index (χ2n) is 18.1. The summed E-state index contributed by atoms with van der Waals surface area (Å²) < 4.78 is 39.9. The molecule has 2 aliphatic carbocycles. The number of anilines is 2. The number of amides is 1. The van der Waals surface area contributed by atoms with Gasteiger partial charge in [0.25, 0.3) is 12.3 Å². The van der Waals surface area contributed by atoms with E-state index in [-0.39, 0.29) is 47.1 Å². The first kappa shape index (κ1) is 41.5. The number of halogens is 2. The van der Waals surface area contributed by atoms with Crippen molar-refractivity contribution < 1.29 is 33.3 Å². The summed E-state index contributed by atoms with van der Waals surface area (Å²) in [5, 5.41) is 40.8. The highest BCUT2D eigenvalue weighted by atomic mass is 19.3. The summed E-state index contributed by atoms with van der Waals surface area (Å²) >= 11 is 0. The van der Waals surface area contributed by atoms with Crippen molar-refractivity contribution >= 4 is 39.7 Å². The lowest BCUT2D eigenvalue weighted by molar-refractivity contribution is -0.124. The zero-order chi connectivity index (χ0) is 43.4. The van der Waals surface area contributed by atoms with Gasteiger partial charge in [-0.3, -0.25) is 29.2 Å². The number of ketones is 1. The quantitative estimate of drug-likeness (QED) is 0.142. The number of likely N-dealkylation sites (tertiary alicyclic amines) is 1. The van der Waals surface area contributed by atoms with Crippen LogP contribution < -0.4 is 15.5 Å². The van der Waals surface area contributed by atoms with Crippen LogP contribution in [0.2, 0.25) is 0 Å². The Hall–Kier alpha value is -5.48. The maximum atomic E-state index is 14.5. The molecule has 1 aromatic carbocycles. The number of nitrogens with zero attached hydrogens (tertiary/aromatic N) is 9. The zero-order valence-corrected chi connectivity index (χ0v) is 35.2. The molecule has 5 fully saturated rings. The number of alkyl halides is 2. The van der Waals surface area contributed by atoms with Crippen molar-refractivity contribution in [3.63, 3.8) is 0 Å². The average Bonchev–Trinajstić information content (AvgIpc) is 4.10. The van der Waals surface area contributed by atoms with Gasteiger partial charge in [0, 0.05) is 75.0 Å². The smallest absolute Gasteiger partial charge is 0.284 e. The molecule has 3 saturated heterocycles. The van der Waals surface area contributed by atoms with Gasteiger partial charge in [0.2, 0.25) is 0 Å². The summed E-state index contributed by atoms with van der Waals surface area (Å²) in [5.41, 5.74) is 2.84. The minimum absolute atomic E-state index is 0.0157. The number of rotatable bonds is 10. The van der Waals surface area contributed by atoms with E-state index in [0.29, 0.717) is 49.7 Å². The SMILES string of the molecule is Cc1nn([C@@H]2CC[C@@H](O)N[C@@H]2O)c2cccc(CC#CO[C@@H]3CCN(CC4CCC(n5cc(NC(=O)c6c(N7C[C@H]8CC[C@H](C7)C8=O)nn7cccnc67)c(C(F)F)n5)CC4)C3)c12. The second-order valence-corrected chi connectivity index (χ2v) is 18.1. The first-order chi connectivity index (χ1) is 30.6. The van der Waals surface area contributed by atoms with Gasteiger partial charge in [-0.25, -0.2) is 18.3 Å². The molecule has 18 heteroatoms. The van der Waals surface area contributed by atoms with Crippen molar-refractivity contribution in [2.75, 3.05) is 42.9 Å². The largest absolute Gasteiger partial charge is 0.442 e. The van der Waals surface area contributed by atoms with Crippen molar-refractivity contribution in [3.8, 4) is 12.0 Å². The fourth-order valence-electron chi connectivity index (χ4n) is 10.8. The first-order valence-electron chi connectivity index (χ1n) is 22.3. The fourth-order valence-corrected chi connectivity index (χ4v) is 10.8. The molecule has 1 amide bonds. The molecule has 6 atom stereocenters. The van der Waals surface area contributed by atoms with E-state index in [2.05, 4.69) is 42.7 Å². The van der Waals surface area contributed by atoms with E-state index >= 15 is 0 Å². The van der Waals surface area contributed by atoms with Gasteiger partial charge in [-0.05, 0) is 88.3 Å². The standard InChI is InChI=1S/C45H53F2N11O5/c1-26-37-28(5-2-7-34(37)58(51-26)35-14-15-36(59)50-44(35)61)6-3-20-63-32-16-19-54(24-32)21-27-8-12-31(13-9-27)57-25-33(39(52-57)41(46)47)49-45(62)38-42-48-17-4-18-56(42)53-43(38)55-22-29-10-11-30(23-55)40(29)60/h2,4-5,7,17-18,25,27,29-32,35-36,41,44,50,59,61H,6,8-16,19,21-24H2,1H3,(H,49,62)/t27?,29-,30-,31?,32-,35-,36-,44-/m1/s1. The van der Waals surface area contributed by atoms with E-state index in [1.165, 1.54) is 10.7 Å². The Morgan fingerprint density at radius 3 is 2.59 bits per heavy atom. The van der Waals surface area contributed by atoms with Crippen LogP contribution in [0, 0.1) is 36.7 Å². The topological polar surface area (TPSA) is 180 Å². The predicted molar refractivity (Wildman–Crippen MR) is 228 cm³/mol. The van der Waals surface area contributed by atoms with Gasteiger partial charge in [-0.2, -0.15) is 10.2 Å². The molecule has 0 unspecified atom stereocenters. The number of carbonyl (C=O) groups excluding carboxylic acids is 2. The van der Waals surface area contributed by atoms with Gasteiger partial charge < -0.3 is 25.2 Å². The van der Waals surface area contributed by atoms with Crippen LogP contribution in [0.15, 0.2) is 42.9 Å². The Labute approximate surface area is 362 Å². The number of aromatic nitrogens is 7. The number of benzene rings is 1. The number of aliphatic hydroxyl groups excluding tert-OH is 2. The van der Waals surface area contributed by atoms with Crippen molar-refractivity contribution in [2.45, 2.75) is 108 Å². The number of Topliss-reactive ketones (excluding diaryl/α,β-unsaturated/α-hetero) is 1. The molecule has 10 rings (SSSR count). The van der Waals surface area contributed by atoms with E-state index in [1.807, 2.05) is 34.7 Å². The minimum Gasteiger partial charge on any atom is -0.442 e. The Bertz CT molecular complexity index is 2560. The number of carbonyl (C=O) groups is 2. The van der Waals surface area contributed by atoms with E-state index in [0.717, 1.165) is 86.7 Å². The fraction of sp³-hybridized carbons (Fsp3) is 0.556. The third kappa shape index (κ3) is 8.16. The number of fused-ring (bicyclic) bond motifs is 4. The van der Waals surface area contributed by atoms with Gasteiger partial charge in [-0.15, -0.1) is 5.10 Å². The molecule has 7 heterocycles. The summed E-state index contributed by atoms with van der Waals surface area (Å²) in [6, 6.07) is 7.39. The average molecular weight is 866 g/mol. The van der Waals surface area contributed by atoms with E-state index in [9.17, 15) is 28.6 Å². The zero-order valence-electron chi connectivity index (χ0n) is 35.2. The highest BCUT2D eigenvalue weighted by Gasteiger charge is 2.43. The van der Waals surface area contributed by atoms with E-state index in [4.69, 9.17) is 9.84 Å². The molecule has 0 spiro atoms. The van der Waals surface area contributed by atoms with Crippen molar-refractivity contribution in [1.29, 1.82) is 0 Å². The Kier molecular flexibility index (Phi) is 11.4. The summed E-state index contributed by atoms with van der Waals surface area (Å²) in [7, 11) is 0. The van der Waals surface area contributed by atoms with Gasteiger partial charge in [0.15, 0.2) is 17.2 Å². The summed E-state index contributed by atoms with van der Waals surface area (Å²) in [4.78, 5) is 35.5. The molecule has 2 bridgehead atoms. The second kappa shape index (κ2) is 17.2. The lowest BCUT2D eigenvalue weighted by atomic mass is 9.86. The molecule has 63 heavy (non-hydrogen) atoms. The molecule has 332 valence electrons. The van der Waals surface area contributed by atoms with E-state index < -0.39 is 30.5 Å². The van der Waals surface area contributed by atoms with Crippen LogP contribution in [0.3, 0.4) is 0 Å². The molecule has 16 nitrogen and oxygen atoms in total. The predicted octanol–water partition coefficient (Wildman–Crippen LogP) is 4.78. The van der Waals surface area contributed by atoms with Crippen LogP contribution >= 0.6 is 0 Å². The maximum absolute atomic E-state index is 14.5. The van der Waals surface area contributed by atoms with Crippen molar-refractivity contribution in [1.82, 2.24) is 44.4 Å². The number of ether oxygens (including phenoxy) is 1. The molecular weight excluding hydrogens is 813 g/mol. The van der Waals surface area contributed by atoms with Crippen molar-refractivity contribution in [2.24, 2.45) is 17.8 Å². The number of aryl methyl sites for hydroxylation is 1. The van der Waals surface area contributed by atoms with Gasteiger partial charge >= 0.3 is 0 Å². The third-order valence-electron chi connectivity index (χ3n) is 14.0.